The Bertz CT molecular complexity index is 873. The van der Waals surface area contributed by atoms with Crippen LogP contribution in [0.3, 0.4) is 0 Å². The van der Waals surface area contributed by atoms with Gasteiger partial charge in [0.05, 0.1) is 37.1 Å². The zero-order chi connectivity index (χ0) is 23.1. The van der Waals surface area contributed by atoms with E-state index in [4.69, 9.17) is 10.1 Å². The third-order valence-corrected chi connectivity index (χ3v) is 11.1. The molecule has 4 aromatic carbocycles. The molecule has 0 atom stereocenters. The number of carbonyl (C=O) groups excluding carboxylic acids is 1. The fourth-order valence-electron chi connectivity index (χ4n) is 3.96. The topological polar surface area (TPSA) is 31.2 Å². The van der Waals surface area contributed by atoms with Crippen LogP contribution in [0.4, 0.5) is 0 Å². The zero-order valence-electron chi connectivity index (χ0n) is 19.2. The molecule has 0 spiro atoms. The summed E-state index contributed by atoms with van der Waals surface area (Å²) in [7, 11) is -1.58. The Morgan fingerprint density at radius 2 is 0.706 bits per heavy atom. The van der Waals surface area contributed by atoms with Crippen molar-refractivity contribution in [3.05, 3.63) is 127 Å². The maximum atomic E-state index is 7.75. The summed E-state index contributed by atoms with van der Waals surface area (Å²) < 4.78 is 0. The summed E-state index contributed by atoms with van der Waals surface area (Å²) in [5, 5.41) is 10.9. The van der Waals surface area contributed by atoms with Gasteiger partial charge in [0.15, 0.2) is 0 Å². The molecule has 0 aliphatic heterocycles. The van der Waals surface area contributed by atoms with Crippen molar-refractivity contribution in [1.82, 2.24) is 0 Å². The first-order chi connectivity index (χ1) is 16.4. The van der Waals surface area contributed by atoms with Gasteiger partial charge in [0.2, 0.25) is 0 Å². The Morgan fingerprint density at radius 3 is 0.941 bits per heavy atom. The Morgan fingerprint density at radius 1 is 0.471 bits per heavy atom. The molecule has 4 rings (SSSR count). The fourth-order valence-corrected chi connectivity index (χ4v) is 8.93. The predicted molar refractivity (Wildman–Crippen MR) is 152 cm³/mol. The third-order valence-electron chi connectivity index (χ3n) is 5.53. The second-order valence-electron chi connectivity index (χ2n) is 7.59. The molecular formula is C29H32NOP2Ru+2. The van der Waals surface area contributed by atoms with Crippen LogP contribution in [0.15, 0.2) is 121 Å². The molecule has 0 aliphatic carbocycles. The van der Waals surface area contributed by atoms with Gasteiger partial charge in [-0.15, -0.1) is 13.1 Å². The van der Waals surface area contributed by atoms with E-state index in [1.165, 1.54) is 21.2 Å². The molecule has 2 nitrogen and oxygen atoms in total. The standard InChI is InChI=1S/C28H28NP2.CHO.Ru.H/c1-5-13-25(14-6-1)30(26-15-7-2-8-16-26)23-21-29-22-24-31(27-17-9-3-10-18-27)28-19-11-4-12-20-28;1-2;;/h1-20H,21-24H2;1H;;/q2*-1;+2;/p+2. The minimum Gasteiger partial charge on any atom is -0.656 e. The minimum absolute atomic E-state index is 0. The van der Waals surface area contributed by atoms with Crippen molar-refractivity contribution >= 4 is 43.9 Å². The zero-order valence-corrected chi connectivity index (χ0v) is 23.0. The van der Waals surface area contributed by atoms with Crippen molar-refractivity contribution in [3.8, 4) is 0 Å². The van der Waals surface area contributed by atoms with Crippen molar-refractivity contribution in [2.45, 2.75) is 0 Å². The third kappa shape index (κ3) is 8.65. The first-order valence-corrected chi connectivity index (χ1v) is 14.6. The van der Waals surface area contributed by atoms with E-state index in [1.54, 1.807) is 0 Å². The van der Waals surface area contributed by atoms with Gasteiger partial charge in [-0.2, -0.15) is 0 Å². The average Bonchev–Trinajstić information content (AvgIpc) is 2.91. The summed E-state index contributed by atoms with van der Waals surface area (Å²) in [5.74, 6) is 0. The van der Waals surface area contributed by atoms with Crippen LogP contribution < -0.4 is 21.2 Å². The van der Waals surface area contributed by atoms with Crippen LogP contribution in [0.25, 0.3) is 5.32 Å². The molecule has 0 aliphatic rings. The quantitative estimate of drug-likeness (QED) is 0.0901. The molecule has 0 heterocycles. The van der Waals surface area contributed by atoms with E-state index in [0.29, 0.717) is 0 Å². The van der Waals surface area contributed by atoms with E-state index in [9.17, 15) is 0 Å². The molecule has 0 saturated carbocycles. The van der Waals surface area contributed by atoms with Gasteiger partial charge in [-0.25, -0.2) is 0 Å². The summed E-state index contributed by atoms with van der Waals surface area (Å²) >= 11 is 0. The summed E-state index contributed by atoms with van der Waals surface area (Å²) in [4.78, 5) is 7.75. The smallest absolute Gasteiger partial charge is 0.0966 e. The summed E-state index contributed by atoms with van der Waals surface area (Å²) in [6, 6.07) is 44.0. The number of hydrogen-bond acceptors (Lipinski definition) is 1. The maximum Gasteiger partial charge on any atom is 0.0966 e. The molecule has 5 heteroatoms. The van der Waals surface area contributed by atoms with Gasteiger partial charge in [-0.1, -0.05) is 72.8 Å². The maximum absolute atomic E-state index is 7.75. The second kappa shape index (κ2) is 16.6. The van der Waals surface area contributed by atoms with E-state index in [2.05, 4.69) is 128 Å². The molecule has 0 saturated heterocycles. The first-order valence-electron chi connectivity index (χ1n) is 11.2. The minimum atomic E-state index is -0.789. The van der Waals surface area contributed by atoms with Crippen molar-refractivity contribution in [2.24, 2.45) is 0 Å². The van der Waals surface area contributed by atoms with E-state index in [1.807, 2.05) is 0 Å². The van der Waals surface area contributed by atoms with E-state index >= 15 is 0 Å². The van der Waals surface area contributed by atoms with Gasteiger partial charge in [0.25, 0.3) is 0 Å². The molecule has 34 heavy (non-hydrogen) atoms. The predicted octanol–water partition coefficient (Wildman–Crippen LogP) is 4.55. The van der Waals surface area contributed by atoms with Crippen LogP contribution in [0.5, 0.6) is 0 Å². The van der Waals surface area contributed by atoms with Crippen LogP contribution in [0.1, 0.15) is 0 Å². The summed E-state index contributed by atoms with van der Waals surface area (Å²) in [6.07, 6.45) is 2.30. The molecular weight excluding hydrogens is 541 g/mol. The van der Waals surface area contributed by atoms with E-state index in [0.717, 1.165) is 25.4 Å². The Kier molecular flexibility index (Phi) is 13.8. The van der Waals surface area contributed by atoms with Gasteiger partial charge < -0.3 is 10.1 Å². The van der Waals surface area contributed by atoms with E-state index in [-0.39, 0.29) is 19.5 Å². The Hall–Kier alpha value is -2.01. The SMILES string of the molecule is [CH-]=O.[RuH+2].c1ccc([PH+](CC[N-]CC[PH+](c2ccccc2)c2ccccc2)c2ccccc2)cc1. The van der Waals surface area contributed by atoms with Crippen LogP contribution >= 0.6 is 15.8 Å². The van der Waals surface area contributed by atoms with E-state index < -0.39 is 15.8 Å². The Labute approximate surface area is 219 Å². The molecule has 0 fully saturated rings. The molecule has 0 amide bonds. The number of nitrogens with zero attached hydrogens (tertiary/aromatic N) is 1. The van der Waals surface area contributed by atoms with Crippen molar-refractivity contribution in [1.29, 1.82) is 0 Å². The summed E-state index contributed by atoms with van der Waals surface area (Å²) in [6.45, 7) is 5.13. The van der Waals surface area contributed by atoms with Gasteiger partial charge in [-0.3, -0.25) is 6.79 Å². The molecule has 0 unspecified atom stereocenters. The second-order valence-corrected chi connectivity index (χ2v) is 12.8. The fraction of sp³-hybridized carbons (Fsp3) is 0.138. The number of benzene rings is 4. The van der Waals surface area contributed by atoms with Crippen molar-refractivity contribution < 1.29 is 24.3 Å². The Balaban J connectivity index is 0.00000133. The monoisotopic (exact) mass is 574 g/mol. The molecule has 4 aromatic rings. The molecule has 0 bridgehead atoms. The van der Waals surface area contributed by atoms with Crippen LogP contribution in [0.2, 0.25) is 0 Å². The molecule has 0 N–H and O–H groups in total. The largest absolute Gasteiger partial charge is 0.656 e. The molecule has 175 valence electrons. The van der Waals surface area contributed by atoms with Gasteiger partial charge >= 0.3 is 19.5 Å². The summed E-state index contributed by atoms with van der Waals surface area (Å²) in [5.41, 5.74) is 0. The van der Waals surface area contributed by atoms with Gasteiger partial charge in [0.1, 0.15) is 0 Å². The van der Waals surface area contributed by atoms with Crippen LogP contribution in [-0.4, -0.2) is 32.2 Å². The van der Waals surface area contributed by atoms with Gasteiger partial charge in [0, 0.05) is 12.3 Å². The van der Waals surface area contributed by atoms with Crippen LogP contribution in [0, 0.1) is 0 Å². The van der Waals surface area contributed by atoms with Crippen molar-refractivity contribution in [2.75, 3.05) is 25.4 Å². The molecule has 0 aromatic heterocycles. The number of rotatable bonds is 10. The van der Waals surface area contributed by atoms with Crippen molar-refractivity contribution in [3.63, 3.8) is 0 Å². The van der Waals surface area contributed by atoms with Crippen LogP contribution in [-0.2, 0) is 24.3 Å². The van der Waals surface area contributed by atoms with Gasteiger partial charge in [-0.05, 0) is 48.5 Å². The molecule has 0 radical (unpaired) electrons. The average molecular weight is 574 g/mol. The number of hydrogen-bond donors (Lipinski definition) is 0. The normalized spacial score (nSPS) is 10.3. The first kappa shape index (κ1) is 28.2.